The third kappa shape index (κ3) is 24900. The van der Waals surface area contributed by atoms with Gasteiger partial charge < -0.3 is 30.0 Å². The number of rotatable bonds is 0. The Bertz CT molecular complexity index is 73.7. The van der Waals surface area contributed by atoms with E-state index in [1.165, 1.54) is 0 Å². The van der Waals surface area contributed by atoms with Crippen molar-refractivity contribution in [2.75, 3.05) is 0 Å². The smallest absolute Gasteiger partial charge is 0.652 e. The van der Waals surface area contributed by atoms with Gasteiger partial charge in [-0.1, -0.05) is 0 Å². The molecule has 0 unspecified atom stereocenters. The first kappa shape index (κ1) is 22.5. The molecule has 0 rings (SSSR count). The molecule has 10 heavy (non-hydrogen) atoms. The van der Waals surface area contributed by atoms with Crippen molar-refractivity contribution in [2.24, 2.45) is 0 Å². The Morgan fingerprint density at radius 2 is 0.800 bits per heavy atom. The van der Waals surface area contributed by atoms with E-state index in [9.17, 15) is 0 Å². The molecule has 6 nitrogen and oxygen atoms in total. The minimum Gasteiger partial charge on any atom is -0.652 e. The number of hydrogen-bond donors (Lipinski definition) is 0. The summed E-state index contributed by atoms with van der Waals surface area (Å²) >= 11 is 0. The van der Waals surface area contributed by atoms with Gasteiger partial charge in [-0.05, 0) is 12.3 Å². The molecule has 0 spiro atoms. The Kier molecular flexibility index (Phi) is 35.9. The Hall–Kier alpha value is -0.122. The molecule has 0 N–H and O–H groups in total. The second-order valence-corrected chi connectivity index (χ2v) is 0.500. The van der Waals surface area contributed by atoms with Crippen LogP contribution >= 0.6 is 0 Å². The van der Waals surface area contributed by atoms with Gasteiger partial charge in [0, 0.05) is 0 Å². The number of carboxylic acid groups (broad SMARTS) is 4. The Balaban J connectivity index is -0.0000000300. The van der Waals surface area contributed by atoms with Gasteiger partial charge in [-0.15, -0.1) is 0 Å². The zero-order valence-electron chi connectivity index (χ0n) is 4.75. The van der Waals surface area contributed by atoms with Crippen LogP contribution in [-0.4, -0.2) is 12.3 Å². The van der Waals surface area contributed by atoms with Crippen LogP contribution in [0.5, 0.6) is 0 Å². The van der Waals surface area contributed by atoms with E-state index in [2.05, 4.69) is 0 Å². The molecule has 0 aliphatic heterocycles. The first-order valence-corrected chi connectivity index (χ1v) is 1.22. The average Bonchev–Trinajstić information content (AvgIpc) is 1.25. The summed E-state index contributed by atoms with van der Waals surface area (Å²) in [4.78, 5) is 16.7. The largest absolute Gasteiger partial charge is 3.00 e. The molecule has 0 saturated heterocycles. The van der Waals surface area contributed by atoms with E-state index in [1.54, 1.807) is 0 Å². The second-order valence-electron chi connectivity index (χ2n) is 0.500. The van der Waals surface area contributed by atoms with Crippen molar-refractivity contribution in [3.05, 3.63) is 0 Å². The SMILES string of the molecule is O=C([O-])[O-].O=C([O-])[O-].[Au+3].[Li+]. The third-order valence-corrected chi connectivity index (χ3v) is 0. The molecule has 56 valence electrons. The zero-order chi connectivity index (χ0) is 7.15. The predicted molar refractivity (Wildman–Crippen MR) is 10.8 cm³/mol. The Morgan fingerprint density at radius 1 is 0.800 bits per heavy atom. The molecule has 0 amide bonds. The van der Waals surface area contributed by atoms with Crippen molar-refractivity contribution in [3.63, 3.8) is 0 Å². The van der Waals surface area contributed by atoms with E-state index in [4.69, 9.17) is 30.0 Å². The molecule has 0 saturated carbocycles. The van der Waals surface area contributed by atoms with Crippen molar-refractivity contribution in [2.45, 2.75) is 0 Å². The topological polar surface area (TPSA) is 126 Å². The summed E-state index contributed by atoms with van der Waals surface area (Å²) < 4.78 is 0. The minimum absolute atomic E-state index is 0. The van der Waals surface area contributed by atoms with Crippen molar-refractivity contribution in [1.82, 2.24) is 0 Å². The zero-order valence-corrected chi connectivity index (χ0v) is 6.92. The summed E-state index contributed by atoms with van der Waals surface area (Å²) in [6.07, 6.45) is -4.67. The van der Waals surface area contributed by atoms with E-state index in [0.29, 0.717) is 0 Å². The molecule has 0 fully saturated rings. The maximum Gasteiger partial charge on any atom is 3.00 e. The molecule has 0 bridgehead atoms. The summed E-state index contributed by atoms with van der Waals surface area (Å²) in [5.41, 5.74) is 0. The quantitative estimate of drug-likeness (QED) is 0.407. The standard InChI is InChI=1S/2CH2O3.Au.Li/c2*2-1(3)4;;/h2*(H2,2,3,4);;/q;;+3;+1/p-4. The summed E-state index contributed by atoms with van der Waals surface area (Å²) in [7, 11) is 0. The third-order valence-electron chi connectivity index (χ3n) is 0. The van der Waals surface area contributed by atoms with Crippen LogP contribution in [0.15, 0.2) is 0 Å². The fraction of sp³-hybridized carbons (Fsp3) is 0. The van der Waals surface area contributed by atoms with E-state index < -0.39 is 12.3 Å². The maximum absolute atomic E-state index is 8.33. The number of carbonyl (C=O) groups is 2. The summed E-state index contributed by atoms with van der Waals surface area (Å²) in [5.74, 6) is 0. The van der Waals surface area contributed by atoms with Gasteiger partial charge in [-0.25, -0.2) is 0 Å². The summed E-state index contributed by atoms with van der Waals surface area (Å²) in [6, 6.07) is 0. The Labute approximate surface area is 83.5 Å². The van der Waals surface area contributed by atoms with Gasteiger partial charge in [0.25, 0.3) is 0 Å². The Morgan fingerprint density at radius 3 is 0.800 bits per heavy atom. The number of carbonyl (C=O) groups excluding carboxylic acids is 2. The monoisotopic (exact) mass is 324 g/mol. The van der Waals surface area contributed by atoms with Gasteiger partial charge >= 0.3 is 41.2 Å². The molecular formula is C2AuLiO6. The van der Waals surface area contributed by atoms with Gasteiger partial charge in [-0.2, -0.15) is 0 Å². The van der Waals surface area contributed by atoms with Crippen molar-refractivity contribution in [3.8, 4) is 0 Å². The fourth-order valence-electron chi connectivity index (χ4n) is 0. The van der Waals surface area contributed by atoms with E-state index in [-0.39, 0.29) is 41.2 Å². The van der Waals surface area contributed by atoms with Gasteiger partial charge in [0.15, 0.2) is 0 Å². The van der Waals surface area contributed by atoms with E-state index >= 15 is 0 Å². The minimum atomic E-state index is -2.33. The molecule has 0 aromatic heterocycles. The van der Waals surface area contributed by atoms with Crippen LogP contribution < -0.4 is 39.3 Å². The van der Waals surface area contributed by atoms with Crippen LogP contribution in [0.1, 0.15) is 0 Å². The molecule has 0 aromatic rings. The van der Waals surface area contributed by atoms with Crippen LogP contribution in [0.3, 0.4) is 0 Å². The molecule has 8 heteroatoms. The van der Waals surface area contributed by atoms with Gasteiger partial charge in [-0.3, -0.25) is 0 Å². The van der Waals surface area contributed by atoms with Gasteiger partial charge in [0.05, 0.1) is 0 Å². The summed E-state index contributed by atoms with van der Waals surface area (Å²) in [5, 5.41) is 33.3. The number of hydrogen-bond acceptors (Lipinski definition) is 6. The fourth-order valence-corrected chi connectivity index (χ4v) is 0. The molecule has 0 aliphatic carbocycles. The van der Waals surface area contributed by atoms with E-state index in [0.717, 1.165) is 0 Å². The molecule has 0 radical (unpaired) electrons. The summed E-state index contributed by atoms with van der Waals surface area (Å²) in [6.45, 7) is 0. The first-order valence-electron chi connectivity index (χ1n) is 1.22. The molecule has 0 aromatic carbocycles. The van der Waals surface area contributed by atoms with Crippen molar-refractivity contribution < 1.29 is 71.3 Å². The van der Waals surface area contributed by atoms with Crippen LogP contribution in [0.25, 0.3) is 0 Å². The van der Waals surface area contributed by atoms with Gasteiger partial charge in [0.2, 0.25) is 0 Å². The molecule has 0 heterocycles. The molecular weight excluding hydrogens is 324 g/mol. The predicted octanol–water partition coefficient (Wildman–Crippen LogP) is -7.89. The van der Waals surface area contributed by atoms with Crippen LogP contribution in [-0.2, 0) is 22.4 Å². The van der Waals surface area contributed by atoms with Crippen LogP contribution in [0, 0.1) is 0 Å². The normalized spacial score (nSPS) is 4.80. The van der Waals surface area contributed by atoms with E-state index in [1.807, 2.05) is 0 Å². The van der Waals surface area contributed by atoms with Crippen molar-refractivity contribution in [1.29, 1.82) is 0 Å². The van der Waals surface area contributed by atoms with Crippen LogP contribution in [0.4, 0.5) is 9.59 Å². The first-order chi connectivity index (χ1) is 3.46. The molecule has 0 aliphatic rings. The van der Waals surface area contributed by atoms with Gasteiger partial charge in [0.1, 0.15) is 0 Å². The maximum atomic E-state index is 8.33. The molecule has 0 atom stereocenters. The van der Waals surface area contributed by atoms with Crippen molar-refractivity contribution >= 4 is 12.3 Å². The average molecular weight is 324 g/mol. The second kappa shape index (κ2) is 15.9. The van der Waals surface area contributed by atoms with Crippen LogP contribution in [0.2, 0.25) is 0 Å².